The Hall–Kier alpha value is -1.88. The number of carbonyl (C=O) groups is 2. The molecular formula is C19H30N3O2+. The molecule has 5 nitrogen and oxygen atoms in total. The van der Waals surface area contributed by atoms with Crippen molar-refractivity contribution in [2.45, 2.75) is 33.6 Å². The molecule has 0 spiro atoms. The van der Waals surface area contributed by atoms with Crippen LogP contribution in [0.1, 0.15) is 32.8 Å². The Bertz CT molecular complexity index is 563. The Kier molecular flexibility index (Phi) is 6.79. The first-order chi connectivity index (χ1) is 11.5. The van der Waals surface area contributed by atoms with E-state index in [-0.39, 0.29) is 18.4 Å². The number of benzene rings is 1. The van der Waals surface area contributed by atoms with Gasteiger partial charge >= 0.3 is 0 Å². The largest absolute Gasteiger partial charge is 0.342 e. The summed E-state index contributed by atoms with van der Waals surface area (Å²) in [5, 5.41) is 5.62. The molecule has 0 saturated carbocycles. The van der Waals surface area contributed by atoms with Crippen molar-refractivity contribution in [3.8, 4) is 0 Å². The van der Waals surface area contributed by atoms with E-state index in [0.717, 1.165) is 30.8 Å². The summed E-state index contributed by atoms with van der Waals surface area (Å²) in [6, 6.07) is 7.74. The van der Waals surface area contributed by atoms with Crippen LogP contribution in [0.3, 0.4) is 0 Å². The molecule has 1 aliphatic rings. The first kappa shape index (κ1) is 18.5. The number of para-hydroxylation sites is 1. The molecule has 2 amide bonds. The molecule has 0 aromatic heterocycles. The van der Waals surface area contributed by atoms with Gasteiger partial charge in [-0.3, -0.25) is 9.59 Å². The van der Waals surface area contributed by atoms with Crippen LogP contribution in [0.2, 0.25) is 0 Å². The number of aryl methyl sites for hydroxylation is 1. The third-order valence-corrected chi connectivity index (χ3v) is 4.61. The molecule has 0 aliphatic carbocycles. The fraction of sp³-hybridized carbons (Fsp3) is 0.579. The topological polar surface area (TPSA) is 62.6 Å². The maximum Gasteiger partial charge on any atom is 0.275 e. The summed E-state index contributed by atoms with van der Waals surface area (Å²) in [5.41, 5.74) is 1.92. The monoisotopic (exact) mass is 332 g/mol. The van der Waals surface area contributed by atoms with Crippen LogP contribution in [-0.4, -0.2) is 38.0 Å². The molecule has 5 heteroatoms. The van der Waals surface area contributed by atoms with E-state index in [4.69, 9.17) is 0 Å². The van der Waals surface area contributed by atoms with Gasteiger partial charge in [0.2, 0.25) is 5.91 Å². The van der Waals surface area contributed by atoms with E-state index in [1.165, 1.54) is 11.3 Å². The fourth-order valence-electron chi connectivity index (χ4n) is 3.68. The Balaban J connectivity index is 1.76. The number of carbonyl (C=O) groups excluding carboxylic acids is 2. The van der Waals surface area contributed by atoms with Crippen LogP contribution in [0, 0.1) is 11.8 Å². The van der Waals surface area contributed by atoms with Crippen molar-refractivity contribution in [3.05, 3.63) is 29.8 Å². The number of hydrogen-bond acceptors (Lipinski definition) is 2. The van der Waals surface area contributed by atoms with Gasteiger partial charge in [-0.25, -0.2) is 0 Å². The minimum Gasteiger partial charge on any atom is -0.342 e. The van der Waals surface area contributed by atoms with Gasteiger partial charge in [0.15, 0.2) is 6.54 Å². The quantitative estimate of drug-likeness (QED) is 0.724. The second-order valence-corrected chi connectivity index (χ2v) is 7.12. The number of quaternary nitrogens is 1. The Morgan fingerprint density at radius 1 is 1.12 bits per heavy atom. The van der Waals surface area contributed by atoms with Gasteiger partial charge < -0.3 is 15.5 Å². The lowest BCUT2D eigenvalue weighted by molar-refractivity contribution is -0.904. The highest BCUT2D eigenvalue weighted by Gasteiger charge is 2.26. The molecule has 2 rings (SSSR count). The average molecular weight is 332 g/mol. The molecule has 1 saturated heterocycles. The maximum atomic E-state index is 12.1. The number of piperidine rings is 1. The van der Waals surface area contributed by atoms with Gasteiger partial charge in [-0.15, -0.1) is 0 Å². The summed E-state index contributed by atoms with van der Waals surface area (Å²) in [4.78, 5) is 25.5. The third kappa shape index (κ3) is 5.64. The van der Waals surface area contributed by atoms with Crippen LogP contribution in [0.4, 0.5) is 5.69 Å². The summed E-state index contributed by atoms with van der Waals surface area (Å²) in [5.74, 6) is 1.08. The normalized spacial score (nSPS) is 23.5. The summed E-state index contributed by atoms with van der Waals surface area (Å²) < 4.78 is 0. The molecule has 1 fully saturated rings. The van der Waals surface area contributed by atoms with Gasteiger partial charge in [0.1, 0.15) is 0 Å². The van der Waals surface area contributed by atoms with Crippen LogP contribution >= 0.6 is 0 Å². The highest BCUT2D eigenvalue weighted by molar-refractivity contribution is 5.95. The molecule has 24 heavy (non-hydrogen) atoms. The molecule has 0 bridgehead atoms. The van der Waals surface area contributed by atoms with Crippen LogP contribution in [0.25, 0.3) is 0 Å². The lowest BCUT2D eigenvalue weighted by Crippen LogP contribution is -3.15. The number of nitrogens with one attached hydrogen (secondary N) is 3. The average Bonchev–Trinajstić information content (AvgIpc) is 2.52. The van der Waals surface area contributed by atoms with Crippen LogP contribution in [0.5, 0.6) is 0 Å². The van der Waals surface area contributed by atoms with Crippen LogP contribution in [0.15, 0.2) is 24.3 Å². The van der Waals surface area contributed by atoms with Crippen molar-refractivity contribution < 1.29 is 14.5 Å². The van der Waals surface area contributed by atoms with Gasteiger partial charge in [-0.05, 0) is 24.5 Å². The summed E-state index contributed by atoms with van der Waals surface area (Å²) >= 11 is 0. The molecular weight excluding hydrogens is 302 g/mol. The van der Waals surface area contributed by atoms with Crippen molar-refractivity contribution in [1.82, 2.24) is 5.32 Å². The standard InChI is InChI=1S/C19H29N3O2/c1-4-16-7-5-6-8-17(16)21-18(23)10-20-19(24)13-22-11-14(2)9-15(3)12-22/h5-8,14-15H,4,9-13H2,1-3H3,(H,20,24)(H,21,23)/p+1/t14-,15-/m1/s1. The van der Waals surface area contributed by atoms with Crippen molar-refractivity contribution in [1.29, 1.82) is 0 Å². The lowest BCUT2D eigenvalue weighted by Gasteiger charge is -2.31. The van der Waals surface area contributed by atoms with Crippen LogP contribution in [-0.2, 0) is 16.0 Å². The minimum absolute atomic E-state index is 0.0231. The summed E-state index contributed by atoms with van der Waals surface area (Å²) in [7, 11) is 0. The highest BCUT2D eigenvalue weighted by atomic mass is 16.2. The van der Waals surface area contributed by atoms with Crippen LogP contribution < -0.4 is 15.5 Å². The number of amides is 2. The van der Waals surface area contributed by atoms with E-state index < -0.39 is 0 Å². The Labute approximate surface area is 144 Å². The summed E-state index contributed by atoms with van der Waals surface area (Å²) in [6.45, 7) is 9.08. The lowest BCUT2D eigenvalue weighted by atomic mass is 9.92. The molecule has 1 aromatic carbocycles. The van der Waals surface area contributed by atoms with Gasteiger partial charge in [-0.2, -0.15) is 0 Å². The zero-order valence-electron chi connectivity index (χ0n) is 15.0. The van der Waals surface area contributed by atoms with E-state index in [2.05, 4.69) is 31.4 Å². The Morgan fingerprint density at radius 2 is 1.79 bits per heavy atom. The zero-order valence-corrected chi connectivity index (χ0v) is 15.0. The predicted octanol–water partition coefficient (Wildman–Crippen LogP) is 0.865. The second kappa shape index (κ2) is 8.83. The van der Waals surface area contributed by atoms with Crippen molar-refractivity contribution >= 4 is 17.5 Å². The SMILES string of the molecule is CCc1ccccc1NC(=O)CNC(=O)C[NH+]1C[C@H](C)C[C@@H](C)C1. The zero-order chi connectivity index (χ0) is 17.5. The van der Waals surface area contributed by atoms with E-state index in [9.17, 15) is 9.59 Å². The first-order valence-electron chi connectivity index (χ1n) is 8.96. The fourth-order valence-corrected chi connectivity index (χ4v) is 3.68. The number of rotatable bonds is 6. The van der Waals surface area contributed by atoms with E-state index in [1.54, 1.807) is 0 Å². The highest BCUT2D eigenvalue weighted by Crippen LogP contribution is 2.15. The van der Waals surface area contributed by atoms with E-state index in [0.29, 0.717) is 18.4 Å². The molecule has 1 aromatic rings. The third-order valence-electron chi connectivity index (χ3n) is 4.61. The molecule has 0 unspecified atom stereocenters. The second-order valence-electron chi connectivity index (χ2n) is 7.12. The predicted molar refractivity (Wildman–Crippen MR) is 96.0 cm³/mol. The number of anilines is 1. The first-order valence-corrected chi connectivity index (χ1v) is 8.96. The van der Waals surface area contributed by atoms with Gasteiger partial charge in [0.05, 0.1) is 19.6 Å². The molecule has 2 atom stereocenters. The number of likely N-dealkylation sites (tertiary alicyclic amines) is 1. The van der Waals surface area contributed by atoms with Crippen molar-refractivity contribution in [2.24, 2.45) is 11.8 Å². The van der Waals surface area contributed by atoms with Crippen molar-refractivity contribution in [2.75, 3.05) is 31.5 Å². The summed E-state index contributed by atoms with van der Waals surface area (Å²) in [6.07, 6.45) is 2.10. The van der Waals surface area contributed by atoms with Crippen molar-refractivity contribution in [3.63, 3.8) is 0 Å². The molecule has 0 radical (unpaired) electrons. The van der Waals surface area contributed by atoms with E-state index >= 15 is 0 Å². The van der Waals surface area contributed by atoms with Gasteiger partial charge in [0.25, 0.3) is 5.91 Å². The van der Waals surface area contributed by atoms with E-state index in [1.807, 2.05) is 24.3 Å². The maximum absolute atomic E-state index is 12.1. The Morgan fingerprint density at radius 3 is 2.46 bits per heavy atom. The molecule has 3 N–H and O–H groups in total. The number of hydrogen-bond donors (Lipinski definition) is 3. The molecule has 1 aliphatic heterocycles. The smallest absolute Gasteiger partial charge is 0.275 e. The van der Waals surface area contributed by atoms with Gasteiger partial charge in [0, 0.05) is 17.5 Å². The van der Waals surface area contributed by atoms with Gasteiger partial charge in [-0.1, -0.05) is 39.0 Å². The minimum atomic E-state index is -0.181. The molecule has 132 valence electrons. The molecule has 1 heterocycles.